The van der Waals surface area contributed by atoms with Gasteiger partial charge in [0.15, 0.2) is 0 Å². The van der Waals surface area contributed by atoms with Gasteiger partial charge in [-0.1, -0.05) is 91.9 Å². The van der Waals surface area contributed by atoms with Crippen molar-refractivity contribution in [1.82, 2.24) is 9.13 Å². The second-order valence-electron chi connectivity index (χ2n) is 15.5. The van der Waals surface area contributed by atoms with Crippen LogP contribution in [0.5, 0.6) is 0 Å². The van der Waals surface area contributed by atoms with Crippen LogP contribution in [0.1, 0.15) is 47.4 Å². The summed E-state index contributed by atoms with van der Waals surface area (Å²) in [4.78, 5) is 1.52. The quantitative estimate of drug-likeness (QED) is 0.183. The molecule has 4 nitrogen and oxygen atoms in total. The van der Waals surface area contributed by atoms with E-state index < -0.39 is 5.92 Å². The highest BCUT2D eigenvalue weighted by molar-refractivity contribution is 7.19. The van der Waals surface area contributed by atoms with E-state index in [1.807, 2.05) is 17.4 Å². The van der Waals surface area contributed by atoms with Crippen molar-refractivity contribution >= 4 is 71.6 Å². The van der Waals surface area contributed by atoms with Gasteiger partial charge < -0.3 is 9.13 Å². The Bertz CT molecular complexity index is 3000. The Morgan fingerprint density at radius 3 is 2.44 bits per heavy atom. The molecular formula is C49H36N4S. The van der Waals surface area contributed by atoms with Gasteiger partial charge in [0.25, 0.3) is 0 Å². The van der Waals surface area contributed by atoms with Crippen LogP contribution >= 0.6 is 11.3 Å². The summed E-state index contributed by atoms with van der Waals surface area (Å²) in [5.74, 6) is 0.720. The Morgan fingerprint density at radius 1 is 0.741 bits per heavy atom. The summed E-state index contributed by atoms with van der Waals surface area (Å²) in [6.45, 7) is 2.36. The molecule has 0 radical (unpaired) electrons. The Morgan fingerprint density at radius 2 is 1.57 bits per heavy atom. The third-order valence-electron chi connectivity index (χ3n) is 12.4. The zero-order chi connectivity index (χ0) is 36.1. The minimum absolute atomic E-state index is 0.193. The monoisotopic (exact) mass is 712 g/mol. The number of allylic oxidation sites excluding steroid dienone is 9. The predicted octanol–water partition coefficient (Wildman–Crippen LogP) is 12.4. The standard InChI is InChI=1S/C49H36N4S/c1-29-15-18-37-39-25-38-36-13-7-8-14-41(36)53(46(38)26-48(39)54-47(37)21-29)45-24-33(27-50)44(23-34(45)28-51)52-42-19-17-32(30-9-3-2-4-10-30)22-40(42)49-35-12-6-5-11-31(35)16-20-43(49)52/h2-14,16-17,19-20,22,24-26,29,31,34-35H,15,18,21,23H2,1H3. The van der Waals surface area contributed by atoms with Gasteiger partial charge in [-0.25, -0.2) is 0 Å². The van der Waals surface area contributed by atoms with E-state index in [-0.39, 0.29) is 11.8 Å². The first-order valence-electron chi connectivity index (χ1n) is 19.1. The number of aryl methyl sites for hydroxylation is 1. The maximum atomic E-state index is 11.0. The fourth-order valence-electron chi connectivity index (χ4n) is 9.82. The number of hydrogen-bond acceptors (Lipinski definition) is 3. The summed E-state index contributed by atoms with van der Waals surface area (Å²) in [6.07, 6.45) is 19.4. The molecule has 3 aromatic heterocycles. The number of hydrogen-bond donors (Lipinski definition) is 0. The number of para-hydroxylation sites is 1. The number of aromatic nitrogens is 2. The fraction of sp³-hybridized carbons (Fsp3) is 0.184. The number of fused-ring (bicyclic) bond motifs is 11. The van der Waals surface area contributed by atoms with Crippen LogP contribution in [-0.2, 0) is 12.8 Å². The summed E-state index contributed by atoms with van der Waals surface area (Å²) in [6, 6.07) is 35.9. The van der Waals surface area contributed by atoms with Crippen LogP contribution < -0.4 is 0 Å². The molecule has 0 spiro atoms. The summed E-state index contributed by atoms with van der Waals surface area (Å²) >= 11 is 1.94. The lowest BCUT2D eigenvalue weighted by Crippen LogP contribution is -2.18. The number of thiophene rings is 1. The number of nitriles is 2. The molecule has 0 N–H and O–H groups in total. The molecule has 4 unspecified atom stereocenters. The molecule has 0 amide bonds. The first-order valence-corrected chi connectivity index (χ1v) is 19.9. The Hall–Kier alpha value is -6.14. The minimum Gasteiger partial charge on any atom is -0.312 e. The van der Waals surface area contributed by atoms with E-state index in [0.717, 1.165) is 46.5 Å². The lowest BCUT2D eigenvalue weighted by Gasteiger charge is -2.28. The molecular weight excluding hydrogens is 677 g/mol. The average molecular weight is 713 g/mol. The van der Waals surface area contributed by atoms with Crippen molar-refractivity contribution in [2.24, 2.45) is 17.8 Å². The molecule has 54 heavy (non-hydrogen) atoms. The van der Waals surface area contributed by atoms with E-state index >= 15 is 0 Å². The van der Waals surface area contributed by atoms with Crippen molar-refractivity contribution in [3.8, 4) is 23.3 Å². The summed E-state index contributed by atoms with van der Waals surface area (Å²) in [5, 5.41) is 26.9. The molecule has 11 rings (SSSR count). The molecule has 258 valence electrons. The minimum atomic E-state index is -0.460. The normalized spacial score (nSPS) is 21.6. The Labute approximate surface area is 318 Å². The van der Waals surface area contributed by atoms with Gasteiger partial charge in [-0.15, -0.1) is 11.3 Å². The maximum Gasteiger partial charge on any atom is 0.101 e. The molecule has 5 heteroatoms. The largest absolute Gasteiger partial charge is 0.312 e. The van der Waals surface area contributed by atoms with E-state index in [0.29, 0.717) is 17.9 Å². The predicted molar refractivity (Wildman–Crippen MR) is 224 cm³/mol. The van der Waals surface area contributed by atoms with E-state index in [1.54, 1.807) is 0 Å². The second-order valence-corrected chi connectivity index (χ2v) is 16.6. The lowest BCUT2D eigenvalue weighted by atomic mass is 9.78. The van der Waals surface area contributed by atoms with Crippen molar-refractivity contribution < 1.29 is 0 Å². The van der Waals surface area contributed by atoms with Gasteiger partial charge >= 0.3 is 0 Å². The number of nitrogens with zero attached hydrogens (tertiary/aromatic N) is 4. The topological polar surface area (TPSA) is 57.4 Å². The van der Waals surface area contributed by atoms with Gasteiger partial charge in [0.05, 0.1) is 39.8 Å². The molecule has 0 bridgehead atoms. The second kappa shape index (κ2) is 11.9. The third kappa shape index (κ3) is 4.52. The first kappa shape index (κ1) is 31.4. The highest BCUT2D eigenvalue weighted by Gasteiger charge is 2.34. The zero-order valence-corrected chi connectivity index (χ0v) is 30.8. The molecule has 0 saturated carbocycles. The van der Waals surface area contributed by atoms with Gasteiger partial charge in [-0.3, -0.25) is 0 Å². The zero-order valence-electron chi connectivity index (χ0n) is 30.0. The van der Waals surface area contributed by atoms with Crippen LogP contribution in [0.4, 0.5) is 0 Å². The third-order valence-corrected chi connectivity index (χ3v) is 13.6. The van der Waals surface area contributed by atoms with Gasteiger partial charge in [-0.2, -0.15) is 10.5 Å². The van der Waals surface area contributed by atoms with Crippen LogP contribution in [0.25, 0.3) is 71.4 Å². The van der Waals surface area contributed by atoms with Gasteiger partial charge in [0, 0.05) is 55.4 Å². The van der Waals surface area contributed by atoms with Gasteiger partial charge in [0.1, 0.15) is 6.07 Å². The molecule has 0 aliphatic heterocycles. The Balaban J connectivity index is 1.15. The van der Waals surface area contributed by atoms with Gasteiger partial charge in [0.2, 0.25) is 0 Å². The van der Waals surface area contributed by atoms with Crippen LogP contribution in [0.15, 0.2) is 127 Å². The van der Waals surface area contributed by atoms with Crippen LogP contribution in [0.2, 0.25) is 0 Å². The molecule has 3 heterocycles. The lowest BCUT2D eigenvalue weighted by molar-refractivity contribution is 0.509. The SMILES string of the molecule is CC1CCc2c(sc3cc4c(cc23)c2ccccc2n4C2=CC(C#N)=C(n3c4c(c5cc(-c6ccccc6)ccc53)C3C=CC=CC3C=C4)CC2C#N)C1. The fourth-order valence-corrected chi connectivity index (χ4v) is 11.2. The first-order chi connectivity index (χ1) is 26.6. The number of benzene rings is 4. The van der Waals surface area contributed by atoms with E-state index in [1.165, 1.54) is 59.8 Å². The summed E-state index contributed by atoms with van der Waals surface area (Å²) in [5.41, 5.74) is 11.8. The van der Waals surface area contributed by atoms with Crippen LogP contribution in [0.3, 0.4) is 0 Å². The van der Waals surface area contributed by atoms with Crippen LogP contribution in [0, 0.1) is 40.4 Å². The number of rotatable bonds is 3. The van der Waals surface area contributed by atoms with Crippen molar-refractivity contribution in [2.75, 3.05) is 0 Å². The maximum absolute atomic E-state index is 11.0. The average Bonchev–Trinajstić information content (AvgIpc) is 3.86. The van der Waals surface area contributed by atoms with Crippen molar-refractivity contribution in [1.29, 1.82) is 10.5 Å². The van der Waals surface area contributed by atoms with Crippen LogP contribution in [-0.4, -0.2) is 9.13 Å². The van der Waals surface area contributed by atoms with Gasteiger partial charge in [-0.05, 0) is 95.3 Å². The van der Waals surface area contributed by atoms with Crippen molar-refractivity contribution in [3.05, 3.63) is 149 Å². The molecule has 0 fully saturated rings. The molecule has 4 aliphatic carbocycles. The Kier molecular flexibility index (Phi) is 6.94. The molecule has 4 aliphatic rings. The van der Waals surface area contributed by atoms with E-state index in [2.05, 4.69) is 150 Å². The highest BCUT2D eigenvalue weighted by Crippen LogP contribution is 2.49. The summed E-state index contributed by atoms with van der Waals surface area (Å²) < 4.78 is 5.89. The smallest absolute Gasteiger partial charge is 0.101 e. The molecule has 4 aromatic carbocycles. The van der Waals surface area contributed by atoms with E-state index in [9.17, 15) is 10.5 Å². The molecule has 7 aromatic rings. The van der Waals surface area contributed by atoms with Crippen molar-refractivity contribution in [3.63, 3.8) is 0 Å². The van der Waals surface area contributed by atoms with E-state index in [4.69, 9.17) is 0 Å². The molecule has 4 atom stereocenters. The van der Waals surface area contributed by atoms with Crippen molar-refractivity contribution in [2.45, 2.75) is 38.5 Å². The summed E-state index contributed by atoms with van der Waals surface area (Å²) in [7, 11) is 0. The highest BCUT2D eigenvalue weighted by atomic mass is 32.1. The molecule has 0 saturated heterocycles.